The second-order valence-corrected chi connectivity index (χ2v) is 10.6. The summed E-state index contributed by atoms with van der Waals surface area (Å²) >= 11 is 0. The maximum Gasteiger partial charge on any atom is 0.408 e. The van der Waals surface area contributed by atoms with Crippen molar-refractivity contribution < 1.29 is 38.1 Å². The number of nitrogens with zero attached hydrogens (tertiary/aromatic N) is 3. The van der Waals surface area contributed by atoms with Crippen molar-refractivity contribution in [2.45, 2.75) is 83.0 Å². The molecule has 0 radical (unpaired) electrons. The number of hydrogen-bond acceptors (Lipinski definition) is 10. The number of carbonyl (C=O) groups excluding carboxylic acids is 3. The summed E-state index contributed by atoms with van der Waals surface area (Å²) in [5.74, 6) is -2.55. The van der Waals surface area contributed by atoms with Crippen molar-refractivity contribution in [3.63, 3.8) is 0 Å². The van der Waals surface area contributed by atoms with Gasteiger partial charge in [0.05, 0.1) is 0 Å². The third-order valence-electron chi connectivity index (χ3n) is 5.76. The molecule has 0 saturated carbocycles. The molecule has 2 aliphatic heterocycles. The molecule has 2 unspecified atom stereocenters. The molecule has 38 heavy (non-hydrogen) atoms. The van der Waals surface area contributed by atoms with E-state index in [1.807, 2.05) is 30.3 Å². The van der Waals surface area contributed by atoms with Crippen LogP contribution in [0.15, 0.2) is 36.7 Å². The second-order valence-electron chi connectivity index (χ2n) is 10.6. The summed E-state index contributed by atoms with van der Waals surface area (Å²) in [5.41, 5.74) is 5.35. The maximum absolute atomic E-state index is 13.2. The summed E-state index contributed by atoms with van der Waals surface area (Å²) in [6.07, 6.45) is -1.97. The number of carbonyl (C=O) groups is 3. The number of aromatic nitrogens is 3. The molecular formula is C25H33N5O8. The number of ether oxygens (including phenoxy) is 5. The molecule has 5 atom stereocenters. The zero-order valence-electron chi connectivity index (χ0n) is 22.0. The highest BCUT2D eigenvalue weighted by molar-refractivity contribution is 5.88. The van der Waals surface area contributed by atoms with Crippen LogP contribution in [0.4, 0.5) is 4.79 Å². The molecule has 206 valence electrons. The van der Waals surface area contributed by atoms with E-state index >= 15 is 0 Å². The molecule has 0 bridgehead atoms. The SMILES string of the molecule is CC(C)(C)OC(=O)N[C@@H](Cc1ccccc1)C(=O)OC[C@@H]1O[C@H](n2cnc(C(N)=O)n2)C2OC(C)(C)OC21. The van der Waals surface area contributed by atoms with E-state index in [9.17, 15) is 14.4 Å². The first-order valence-corrected chi connectivity index (χ1v) is 12.2. The first-order chi connectivity index (χ1) is 17.8. The Balaban J connectivity index is 1.46. The van der Waals surface area contributed by atoms with E-state index in [2.05, 4.69) is 15.4 Å². The van der Waals surface area contributed by atoms with Crippen molar-refractivity contribution in [3.05, 3.63) is 48.0 Å². The van der Waals surface area contributed by atoms with E-state index in [1.54, 1.807) is 34.6 Å². The van der Waals surface area contributed by atoms with Gasteiger partial charge in [0, 0.05) is 6.42 Å². The molecule has 13 nitrogen and oxygen atoms in total. The Morgan fingerprint density at radius 3 is 2.47 bits per heavy atom. The lowest BCUT2D eigenvalue weighted by Gasteiger charge is -2.25. The fraction of sp³-hybridized carbons (Fsp3) is 0.560. The largest absolute Gasteiger partial charge is 0.461 e. The van der Waals surface area contributed by atoms with Gasteiger partial charge in [-0.25, -0.2) is 19.3 Å². The smallest absolute Gasteiger partial charge is 0.408 e. The molecular weight excluding hydrogens is 498 g/mol. The number of alkyl carbamates (subject to hydrolysis) is 1. The molecule has 2 saturated heterocycles. The van der Waals surface area contributed by atoms with Gasteiger partial charge in [0.2, 0.25) is 5.82 Å². The number of fused-ring (bicyclic) bond motifs is 1. The Morgan fingerprint density at radius 1 is 1.16 bits per heavy atom. The molecule has 2 amide bonds. The van der Waals surface area contributed by atoms with Gasteiger partial charge in [-0.2, -0.15) is 0 Å². The fourth-order valence-corrected chi connectivity index (χ4v) is 4.27. The average molecular weight is 532 g/mol. The fourth-order valence-electron chi connectivity index (χ4n) is 4.27. The molecule has 13 heteroatoms. The highest BCUT2D eigenvalue weighted by Crippen LogP contribution is 2.42. The molecule has 2 aromatic rings. The predicted octanol–water partition coefficient (Wildman–Crippen LogP) is 1.47. The lowest BCUT2D eigenvalue weighted by molar-refractivity contribution is -0.204. The van der Waals surface area contributed by atoms with Gasteiger partial charge in [-0.15, -0.1) is 5.10 Å². The predicted molar refractivity (Wildman–Crippen MR) is 131 cm³/mol. The zero-order chi connectivity index (χ0) is 27.7. The Hall–Kier alpha value is -3.55. The minimum Gasteiger partial charge on any atom is -0.461 e. The summed E-state index contributed by atoms with van der Waals surface area (Å²) in [6.45, 7) is 8.51. The van der Waals surface area contributed by atoms with Crippen LogP contribution in [0, 0.1) is 0 Å². The monoisotopic (exact) mass is 531 g/mol. The average Bonchev–Trinajstić information content (AvgIpc) is 3.50. The number of esters is 1. The minimum atomic E-state index is -1.01. The van der Waals surface area contributed by atoms with Crippen molar-refractivity contribution in [1.82, 2.24) is 20.1 Å². The summed E-state index contributed by atoms with van der Waals surface area (Å²) in [5, 5.41) is 6.67. The molecule has 1 aromatic carbocycles. The Kier molecular flexibility index (Phi) is 7.72. The van der Waals surface area contributed by atoms with Gasteiger partial charge in [0.15, 0.2) is 12.0 Å². The number of nitrogens with two attached hydrogens (primary N) is 1. The highest BCUT2D eigenvalue weighted by Gasteiger charge is 2.56. The Morgan fingerprint density at radius 2 is 1.84 bits per heavy atom. The summed E-state index contributed by atoms with van der Waals surface area (Å²) in [7, 11) is 0. The molecule has 0 aliphatic carbocycles. The van der Waals surface area contributed by atoms with E-state index in [-0.39, 0.29) is 18.9 Å². The van der Waals surface area contributed by atoms with Crippen LogP contribution in [0.3, 0.4) is 0 Å². The third kappa shape index (κ3) is 6.65. The quantitative estimate of drug-likeness (QED) is 0.476. The Bertz CT molecular complexity index is 1160. The number of nitrogens with one attached hydrogen (secondary N) is 1. The lowest BCUT2D eigenvalue weighted by Crippen LogP contribution is -2.46. The van der Waals surface area contributed by atoms with Gasteiger partial charge in [0.1, 0.15) is 42.9 Å². The summed E-state index contributed by atoms with van der Waals surface area (Å²) in [4.78, 5) is 40.9. The van der Waals surface area contributed by atoms with E-state index < -0.39 is 59.9 Å². The van der Waals surface area contributed by atoms with Gasteiger partial charge in [0.25, 0.3) is 5.91 Å². The standard InChI is InChI=1S/C25H33N5O8/c1-24(2,3)38-23(33)28-15(11-14-9-7-6-8-10-14)22(32)34-12-16-17-18(37-25(4,5)36-17)21(35-16)30-13-27-20(29-30)19(26)31/h6-10,13,15-18,21H,11-12H2,1-5H3,(H2,26,31)(H,28,33)/t15-,16-,17?,18?,21-/m0/s1. The number of rotatable bonds is 8. The number of primary amides is 1. The normalized spacial score (nSPS) is 24.9. The first-order valence-electron chi connectivity index (χ1n) is 12.2. The highest BCUT2D eigenvalue weighted by atomic mass is 16.8. The van der Waals surface area contributed by atoms with E-state index in [4.69, 9.17) is 29.4 Å². The van der Waals surface area contributed by atoms with Gasteiger partial charge >= 0.3 is 12.1 Å². The van der Waals surface area contributed by atoms with Crippen LogP contribution >= 0.6 is 0 Å². The zero-order valence-corrected chi connectivity index (χ0v) is 22.0. The lowest BCUT2D eigenvalue weighted by atomic mass is 10.1. The number of amides is 2. The minimum absolute atomic E-state index is 0.171. The van der Waals surface area contributed by atoms with Crippen LogP contribution in [0.5, 0.6) is 0 Å². The van der Waals surface area contributed by atoms with Crippen LogP contribution in [0.25, 0.3) is 0 Å². The topological polar surface area (TPSA) is 166 Å². The third-order valence-corrected chi connectivity index (χ3v) is 5.76. The molecule has 0 spiro atoms. The molecule has 1 aromatic heterocycles. The van der Waals surface area contributed by atoms with Gasteiger partial charge in [-0.3, -0.25) is 4.79 Å². The van der Waals surface area contributed by atoms with Gasteiger partial charge in [-0.1, -0.05) is 30.3 Å². The van der Waals surface area contributed by atoms with Crippen molar-refractivity contribution in [1.29, 1.82) is 0 Å². The summed E-state index contributed by atoms with van der Waals surface area (Å²) < 4.78 is 30.3. The van der Waals surface area contributed by atoms with Crippen LogP contribution in [0.2, 0.25) is 0 Å². The van der Waals surface area contributed by atoms with Gasteiger partial charge < -0.3 is 34.7 Å². The second kappa shape index (κ2) is 10.7. The van der Waals surface area contributed by atoms with E-state index in [1.165, 1.54) is 11.0 Å². The number of hydrogen-bond donors (Lipinski definition) is 2. The van der Waals surface area contributed by atoms with E-state index in [0.717, 1.165) is 5.56 Å². The van der Waals surface area contributed by atoms with Crippen molar-refractivity contribution >= 4 is 18.0 Å². The van der Waals surface area contributed by atoms with E-state index in [0.29, 0.717) is 0 Å². The van der Waals surface area contributed by atoms with Crippen molar-refractivity contribution in [3.8, 4) is 0 Å². The van der Waals surface area contributed by atoms with Crippen LogP contribution in [-0.4, -0.2) is 75.1 Å². The van der Waals surface area contributed by atoms with Crippen LogP contribution in [0.1, 0.15) is 57.0 Å². The van der Waals surface area contributed by atoms with Crippen LogP contribution in [-0.2, 0) is 34.9 Å². The molecule has 3 N–H and O–H groups in total. The van der Waals surface area contributed by atoms with Crippen molar-refractivity contribution in [2.75, 3.05) is 6.61 Å². The molecule has 3 heterocycles. The molecule has 4 rings (SSSR count). The molecule has 2 aliphatic rings. The maximum atomic E-state index is 13.2. The number of benzene rings is 1. The first kappa shape index (κ1) is 27.5. The van der Waals surface area contributed by atoms with Crippen molar-refractivity contribution in [2.24, 2.45) is 5.73 Å². The van der Waals surface area contributed by atoms with Crippen LogP contribution < -0.4 is 11.1 Å². The summed E-state index contributed by atoms with van der Waals surface area (Å²) in [6, 6.07) is 8.21. The Labute approximate surface area is 219 Å². The van der Waals surface area contributed by atoms with Gasteiger partial charge in [-0.05, 0) is 40.2 Å². The molecule has 2 fully saturated rings.